The number of likely N-dealkylation sites (tertiary alicyclic amines) is 1. The summed E-state index contributed by atoms with van der Waals surface area (Å²) in [6.07, 6.45) is 2.92. The lowest BCUT2D eigenvalue weighted by molar-refractivity contribution is -0.0821. The molecular formula is C23H24FN3O2. The van der Waals surface area contributed by atoms with E-state index in [4.69, 9.17) is 9.47 Å². The van der Waals surface area contributed by atoms with Crippen molar-refractivity contribution in [2.45, 2.75) is 31.7 Å². The van der Waals surface area contributed by atoms with E-state index < -0.39 is 0 Å². The van der Waals surface area contributed by atoms with Gasteiger partial charge in [0.1, 0.15) is 29.6 Å². The lowest BCUT2D eigenvalue weighted by Crippen LogP contribution is -2.44. The Kier molecular flexibility index (Phi) is 4.60. The van der Waals surface area contributed by atoms with Crippen molar-refractivity contribution in [2.24, 2.45) is 0 Å². The van der Waals surface area contributed by atoms with Crippen LogP contribution in [-0.4, -0.2) is 40.3 Å². The Labute approximate surface area is 169 Å². The van der Waals surface area contributed by atoms with Crippen LogP contribution in [0, 0.1) is 5.82 Å². The zero-order valence-electron chi connectivity index (χ0n) is 16.5. The fourth-order valence-electron chi connectivity index (χ4n) is 4.41. The quantitative estimate of drug-likeness (QED) is 0.675. The lowest BCUT2D eigenvalue weighted by Gasteiger charge is -2.35. The summed E-state index contributed by atoms with van der Waals surface area (Å²) in [6, 6.07) is 14.9. The first-order valence-corrected chi connectivity index (χ1v) is 9.94. The maximum absolute atomic E-state index is 13.2. The molecule has 2 aliphatic rings. The highest BCUT2D eigenvalue weighted by molar-refractivity contribution is 5.60. The molecule has 1 fully saturated rings. The molecule has 0 unspecified atom stereocenters. The molecule has 1 aromatic heterocycles. The van der Waals surface area contributed by atoms with Crippen LogP contribution in [0.3, 0.4) is 0 Å². The van der Waals surface area contributed by atoms with Gasteiger partial charge >= 0.3 is 0 Å². The minimum Gasteiger partial charge on any atom is -0.497 e. The monoisotopic (exact) mass is 393 g/mol. The van der Waals surface area contributed by atoms with E-state index in [1.165, 1.54) is 12.1 Å². The van der Waals surface area contributed by atoms with Crippen molar-refractivity contribution in [3.05, 3.63) is 71.9 Å². The van der Waals surface area contributed by atoms with E-state index in [9.17, 15) is 4.39 Å². The molecule has 0 aliphatic carbocycles. The summed E-state index contributed by atoms with van der Waals surface area (Å²) in [6.45, 7) is 3.97. The van der Waals surface area contributed by atoms with Crippen molar-refractivity contribution in [3.63, 3.8) is 0 Å². The van der Waals surface area contributed by atoms with Gasteiger partial charge in [0.25, 0.3) is 0 Å². The highest BCUT2D eigenvalue weighted by atomic mass is 19.1. The SMILES string of the molecule is COc1ccc(-c2cnc3n2C[C@]2(CCN(Cc4ccc(F)cc4)C2)OC3)cc1. The van der Waals surface area contributed by atoms with Gasteiger partial charge < -0.3 is 14.0 Å². The summed E-state index contributed by atoms with van der Waals surface area (Å²) < 4.78 is 27.1. The molecule has 29 heavy (non-hydrogen) atoms. The zero-order valence-corrected chi connectivity index (χ0v) is 16.5. The molecule has 150 valence electrons. The number of ether oxygens (including phenoxy) is 2. The normalized spacial score (nSPS) is 21.4. The Morgan fingerprint density at radius 3 is 2.66 bits per heavy atom. The van der Waals surface area contributed by atoms with Crippen molar-refractivity contribution in [3.8, 4) is 17.0 Å². The van der Waals surface area contributed by atoms with E-state index in [-0.39, 0.29) is 11.4 Å². The predicted molar refractivity (Wildman–Crippen MR) is 108 cm³/mol. The molecule has 0 radical (unpaired) electrons. The van der Waals surface area contributed by atoms with E-state index >= 15 is 0 Å². The number of fused-ring (bicyclic) bond motifs is 1. The Morgan fingerprint density at radius 1 is 1.10 bits per heavy atom. The van der Waals surface area contributed by atoms with Gasteiger partial charge in [-0.05, 0) is 48.4 Å². The van der Waals surface area contributed by atoms with Crippen LogP contribution in [0.15, 0.2) is 54.7 Å². The standard InChI is InChI=1S/C23H24FN3O2/c1-28-20-8-4-18(5-9-20)21-12-25-22-14-29-23(16-27(21)22)10-11-26(15-23)13-17-2-6-19(24)7-3-17/h2-9,12H,10-11,13-16H2,1H3/t23-/m1/s1. The number of halogens is 1. The smallest absolute Gasteiger partial charge is 0.135 e. The summed E-state index contributed by atoms with van der Waals surface area (Å²) in [7, 11) is 1.68. The van der Waals surface area contributed by atoms with Gasteiger partial charge in [-0.15, -0.1) is 0 Å². The van der Waals surface area contributed by atoms with Crippen LogP contribution in [0.1, 0.15) is 17.8 Å². The highest BCUT2D eigenvalue weighted by Gasteiger charge is 2.43. The largest absolute Gasteiger partial charge is 0.497 e. The molecule has 0 bridgehead atoms. The third-order valence-corrected chi connectivity index (χ3v) is 5.99. The van der Waals surface area contributed by atoms with Crippen LogP contribution in [0.5, 0.6) is 5.75 Å². The Balaban J connectivity index is 1.34. The van der Waals surface area contributed by atoms with Crippen LogP contribution in [0.25, 0.3) is 11.3 Å². The number of aromatic nitrogens is 2. The number of methoxy groups -OCH3 is 1. The van der Waals surface area contributed by atoms with Crippen molar-refractivity contribution in [1.29, 1.82) is 0 Å². The first-order valence-electron chi connectivity index (χ1n) is 9.94. The molecule has 2 aromatic carbocycles. The molecule has 2 aliphatic heterocycles. The van der Waals surface area contributed by atoms with Crippen LogP contribution in [0.4, 0.5) is 4.39 Å². The number of hydrogen-bond donors (Lipinski definition) is 0. The van der Waals surface area contributed by atoms with E-state index in [1.807, 2.05) is 30.5 Å². The molecule has 6 heteroatoms. The summed E-state index contributed by atoms with van der Waals surface area (Å²) in [5.41, 5.74) is 3.17. The fourth-order valence-corrected chi connectivity index (χ4v) is 4.41. The number of benzene rings is 2. The van der Waals surface area contributed by atoms with Crippen LogP contribution in [0.2, 0.25) is 0 Å². The Hall–Kier alpha value is -2.70. The average Bonchev–Trinajstić information content (AvgIpc) is 3.34. The first-order chi connectivity index (χ1) is 14.1. The second-order valence-corrected chi connectivity index (χ2v) is 7.93. The summed E-state index contributed by atoms with van der Waals surface area (Å²) >= 11 is 0. The van der Waals surface area contributed by atoms with Crippen LogP contribution < -0.4 is 4.74 Å². The maximum Gasteiger partial charge on any atom is 0.135 e. The molecule has 0 amide bonds. The fraction of sp³-hybridized carbons (Fsp3) is 0.348. The summed E-state index contributed by atoms with van der Waals surface area (Å²) in [5, 5.41) is 0. The number of nitrogens with zero attached hydrogens (tertiary/aromatic N) is 3. The second kappa shape index (κ2) is 7.28. The molecule has 0 N–H and O–H groups in total. The van der Waals surface area contributed by atoms with Gasteiger partial charge in [-0.1, -0.05) is 12.1 Å². The molecule has 0 saturated carbocycles. The van der Waals surface area contributed by atoms with E-state index in [2.05, 4.69) is 26.6 Å². The molecule has 5 rings (SSSR count). The Bertz CT molecular complexity index is 1000. The maximum atomic E-state index is 13.2. The summed E-state index contributed by atoms with van der Waals surface area (Å²) in [5.74, 6) is 1.62. The topological polar surface area (TPSA) is 39.5 Å². The van der Waals surface area contributed by atoms with E-state index in [0.717, 1.165) is 61.0 Å². The minimum absolute atomic E-state index is 0.194. The molecule has 3 heterocycles. The van der Waals surface area contributed by atoms with Crippen LogP contribution in [-0.2, 0) is 24.4 Å². The van der Waals surface area contributed by atoms with Gasteiger partial charge in [0.05, 0.1) is 25.5 Å². The van der Waals surface area contributed by atoms with Crippen molar-refractivity contribution in [1.82, 2.24) is 14.5 Å². The van der Waals surface area contributed by atoms with E-state index in [1.54, 1.807) is 7.11 Å². The van der Waals surface area contributed by atoms with Gasteiger partial charge in [0, 0.05) is 25.2 Å². The van der Waals surface area contributed by atoms with Gasteiger partial charge in [-0.25, -0.2) is 9.37 Å². The van der Waals surface area contributed by atoms with Crippen molar-refractivity contribution < 1.29 is 13.9 Å². The van der Waals surface area contributed by atoms with Crippen molar-refractivity contribution >= 4 is 0 Å². The number of rotatable bonds is 4. The second-order valence-electron chi connectivity index (χ2n) is 7.93. The number of hydrogen-bond acceptors (Lipinski definition) is 4. The zero-order chi connectivity index (χ0) is 19.8. The van der Waals surface area contributed by atoms with Crippen LogP contribution >= 0.6 is 0 Å². The molecule has 5 nitrogen and oxygen atoms in total. The van der Waals surface area contributed by atoms with Gasteiger partial charge in [0.15, 0.2) is 0 Å². The average molecular weight is 393 g/mol. The predicted octanol–water partition coefficient (Wildman–Crippen LogP) is 3.87. The third kappa shape index (κ3) is 3.54. The highest BCUT2D eigenvalue weighted by Crippen LogP contribution is 2.36. The van der Waals surface area contributed by atoms with Gasteiger partial charge in [-0.2, -0.15) is 0 Å². The lowest BCUT2D eigenvalue weighted by atomic mass is 10.0. The summed E-state index contributed by atoms with van der Waals surface area (Å²) in [4.78, 5) is 6.97. The molecule has 1 atom stereocenters. The van der Waals surface area contributed by atoms with E-state index in [0.29, 0.717) is 6.61 Å². The first kappa shape index (κ1) is 18.3. The minimum atomic E-state index is -0.199. The van der Waals surface area contributed by atoms with Gasteiger partial charge in [-0.3, -0.25) is 4.90 Å². The molecule has 1 spiro atoms. The molecule has 3 aromatic rings. The molecule has 1 saturated heterocycles. The Morgan fingerprint density at radius 2 is 1.90 bits per heavy atom. The van der Waals surface area contributed by atoms with Gasteiger partial charge in [0.2, 0.25) is 0 Å². The van der Waals surface area contributed by atoms with Crippen molar-refractivity contribution in [2.75, 3.05) is 20.2 Å². The molecular weight excluding hydrogens is 369 g/mol. The number of imidazole rings is 1. The third-order valence-electron chi connectivity index (χ3n) is 5.99.